The van der Waals surface area contributed by atoms with Gasteiger partial charge in [-0.3, -0.25) is 9.89 Å². The lowest BCUT2D eigenvalue weighted by Crippen LogP contribution is -2.27. The van der Waals surface area contributed by atoms with Gasteiger partial charge in [0, 0.05) is 19.2 Å². The summed E-state index contributed by atoms with van der Waals surface area (Å²) >= 11 is 0. The summed E-state index contributed by atoms with van der Waals surface area (Å²) in [5.74, 6) is 0.712. The van der Waals surface area contributed by atoms with Crippen molar-refractivity contribution in [2.75, 3.05) is 12.3 Å². The number of nitrogens with one attached hydrogen (secondary N) is 2. The Morgan fingerprint density at radius 3 is 3.06 bits per heavy atom. The zero-order valence-corrected chi connectivity index (χ0v) is 9.05. The monoisotopic (exact) mass is 232 g/mol. The van der Waals surface area contributed by atoms with Crippen molar-refractivity contribution in [2.24, 2.45) is 0 Å². The molecule has 0 aliphatic carbocycles. The van der Waals surface area contributed by atoms with Gasteiger partial charge in [0.1, 0.15) is 18.0 Å². The number of rotatable bonds is 4. The third-order valence-electron chi connectivity index (χ3n) is 2.20. The lowest BCUT2D eigenvalue weighted by molar-refractivity contribution is 0.0954. The normalized spacial score (nSPS) is 10.1. The Morgan fingerprint density at radius 2 is 2.35 bits per heavy atom. The largest absolute Gasteiger partial charge is 0.383 e. The Morgan fingerprint density at radius 1 is 1.47 bits per heavy atom. The van der Waals surface area contributed by atoms with Crippen LogP contribution >= 0.6 is 0 Å². The van der Waals surface area contributed by atoms with E-state index in [4.69, 9.17) is 5.73 Å². The van der Waals surface area contributed by atoms with E-state index in [1.54, 1.807) is 18.3 Å². The molecule has 1 amide bonds. The van der Waals surface area contributed by atoms with Gasteiger partial charge < -0.3 is 11.1 Å². The second-order valence-corrected chi connectivity index (χ2v) is 3.37. The molecule has 0 saturated carbocycles. The molecule has 7 heteroatoms. The Hall–Kier alpha value is -2.44. The highest BCUT2D eigenvalue weighted by Crippen LogP contribution is 2.05. The quantitative estimate of drug-likeness (QED) is 0.673. The van der Waals surface area contributed by atoms with Gasteiger partial charge in [-0.1, -0.05) is 0 Å². The molecule has 0 aliphatic heterocycles. The maximum atomic E-state index is 11.7. The maximum absolute atomic E-state index is 11.7. The highest BCUT2D eigenvalue weighted by atomic mass is 16.1. The van der Waals surface area contributed by atoms with Gasteiger partial charge in [-0.2, -0.15) is 5.10 Å². The number of nitrogen functional groups attached to an aromatic ring is 1. The van der Waals surface area contributed by atoms with E-state index in [1.807, 2.05) is 0 Å². The van der Waals surface area contributed by atoms with Crippen molar-refractivity contribution >= 4 is 11.7 Å². The van der Waals surface area contributed by atoms with Crippen molar-refractivity contribution in [1.82, 2.24) is 25.5 Å². The first kappa shape index (κ1) is 11.1. The van der Waals surface area contributed by atoms with Crippen molar-refractivity contribution in [3.05, 3.63) is 36.0 Å². The molecule has 2 heterocycles. The van der Waals surface area contributed by atoms with Crippen LogP contribution in [0.15, 0.2) is 24.7 Å². The molecule has 2 aromatic heterocycles. The van der Waals surface area contributed by atoms with E-state index in [2.05, 4.69) is 25.5 Å². The molecule has 4 N–H and O–H groups in total. The Balaban J connectivity index is 1.88. The lowest BCUT2D eigenvalue weighted by Gasteiger charge is -2.05. The summed E-state index contributed by atoms with van der Waals surface area (Å²) in [6, 6.07) is 3.30. The highest BCUT2D eigenvalue weighted by Gasteiger charge is 2.09. The highest BCUT2D eigenvalue weighted by molar-refractivity contribution is 5.98. The fourth-order valence-electron chi connectivity index (χ4n) is 1.35. The van der Waals surface area contributed by atoms with Crippen LogP contribution in [-0.4, -0.2) is 32.6 Å². The maximum Gasteiger partial charge on any atom is 0.255 e. The zero-order valence-electron chi connectivity index (χ0n) is 9.05. The second-order valence-electron chi connectivity index (χ2n) is 3.37. The molecule has 0 radical (unpaired) electrons. The zero-order chi connectivity index (χ0) is 12.1. The van der Waals surface area contributed by atoms with Crippen LogP contribution in [0.1, 0.15) is 16.2 Å². The van der Waals surface area contributed by atoms with E-state index in [-0.39, 0.29) is 11.7 Å². The van der Waals surface area contributed by atoms with Gasteiger partial charge >= 0.3 is 0 Å². The van der Waals surface area contributed by atoms with Gasteiger partial charge in [0.05, 0.1) is 5.56 Å². The summed E-state index contributed by atoms with van der Waals surface area (Å²) in [5.41, 5.74) is 5.97. The molecule has 88 valence electrons. The lowest BCUT2D eigenvalue weighted by atomic mass is 10.2. The minimum absolute atomic E-state index is 0.227. The Bertz CT molecular complexity index is 495. The molecule has 2 rings (SSSR count). The van der Waals surface area contributed by atoms with Crippen molar-refractivity contribution in [2.45, 2.75) is 6.42 Å². The SMILES string of the molecule is Nc1ncccc1C(=O)NCCc1ncn[nH]1. The minimum Gasteiger partial charge on any atom is -0.383 e. The van der Waals surface area contributed by atoms with Gasteiger partial charge in [-0.05, 0) is 12.1 Å². The molecule has 0 aromatic carbocycles. The van der Waals surface area contributed by atoms with Crippen LogP contribution in [0.2, 0.25) is 0 Å². The van der Waals surface area contributed by atoms with Crippen LogP contribution in [0.25, 0.3) is 0 Å². The molecular formula is C10H12N6O. The molecule has 17 heavy (non-hydrogen) atoms. The predicted molar refractivity (Wildman–Crippen MR) is 61.1 cm³/mol. The number of hydrogen-bond donors (Lipinski definition) is 3. The number of amides is 1. The standard InChI is InChI=1S/C10H12N6O/c11-9-7(2-1-4-12-9)10(17)13-5-3-8-14-6-15-16-8/h1-2,4,6H,3,5H2,(H2,11,12)(H,13,17)(H,14,15,16). The number of anilines is 1. The fourth-order valence-corrected chi connectivity index (χ4v) is 1.35. The van der Waals surface area contributed by atoms with E-state index >= 15 is 0 Å². The van der Waals surface area contributed by atoms with E-state index in [0.717, 1.165) is 5.82 Å². The van der Waals surface area contributed by atoms with Crippen LogP contribution in [0.3, 0.4) is 0 Å². The number of H-pyrrole nitrogens is 1. The first-order valence-electron chi connectivity index (χ1n) is 5.10. The van der Waals surface area contributed by atoms with Gasteiger partial charge in [0.2, 0.25) is 0 Å². The molecule has 2 aromatic rings. The van der Waals surface area contributed by atoms with Gasteiger partial charge in [-0.15, -0.1) is 0 Å². The number of nitrogens with two attached hydrogens (primary N) is 1. The van der Waals surface area contributed by atoms with Crippen LogP contribution in [0, 0.1) is 0 Å². The molecule has 0 bridgehead atoms. The van der Waals surface area contributed by atoms with Crippen molar-refractivity contribution in [3.63, 3.8) is 0 Å². The summed E-state index contributed by atoms with van der Waals surface area (Å²) in [5, 5.41) is 9.16. The Labute approximate surface area is 97.5 Å². The third-order valence-corrected chi connectivity index (χ3v) is 2.20. The number of hydrogen-bond acceptors (Lipinski definition) is 5. The number of aromatic amines is 1. The van der Waals surface area contributed by atoms with E-state index in [1.165, 1.54) is 6.33 Å². The number of nitrogens with zero attached hydrogens (tertiary/aromatic N) is 3. The summed E-state index contributed by atoms with van der Waals surface area (Å²) in [6.45, 7) is 0.461. The molecule has 0 atom stereocenters. The summed E-state index contributed by atoms with van der Waals surface area (Å²) in [6.07, 6.45) is 3.56. The number of carbonyl (C=O) groups excluding carboxylic acids is 1. The summed E-state index contributed by atoms with van der Waals surface area (Å²) in [4.78, 5) is 19.5. The average Bonchev–Trinajstić information content (AvgIpc) is 2.82. The number of carbonyl (C=O) groups is 1. The van der Waals surface area contributed by atoms with Crippen LogP contribution < -0.4 is 11.1 Å². The van der Waals surface area contributed by atoms with Gasteiger partial charge in [0.15, 0.2) is 0 Å². The number of aromatic nitrogens is 4. The second kappa shape index (κ2) is 5.06. The fraction of sp³-hybridized carbons (Fsp3) is 0.200. The topological polar surface area (TPSA) is 110 Å². The smallest absolute Gasteiger partial charge is 0.255 e. The van der Waals surface area contributed by atoms with Crippen molar-refractivity contribution < 1.29 is 4.79 Å². The number of pyridine rings is 1. The predicted octanol–water partition coefficient (Wildman–Crippen LogP) is -0.246. The molecule has 0 aliphatic rings. The molecular weight excluding hydrogens is 220 g/mol. The van der Waals surface area contributed by atoms with E-state index in [9.17, 15) is 4.79 Å². The molecule has 0 saturated heterocycles. The minimum atomic E-state index is -0.241. The third kappa shape index (κ3) is 2.77. The van der Waals surface area contributed by atoms with Crippen LogP contribution in [-0.2, 0) is 6.42 Å². The molecule has 0 spiro atoms. The summed E-state index contributed by atoms with van der Waals surface area (Å²) < 4.78 is 0. The summed E-state index contributed by atoms with van der Waals surface area (Å²) in [7, 11) is 0. The Kier molecular flexibility index (Phi) is 3.29. The first-order valence-corrected chi connectivity index (χ1v) is 5.10. The van der Waals surface area contributed by atoms with Crippen LogP contribution in [0.5, 0.6) is 0 Å². The van der Waals surface area contributed by atoms with Gasteiger partial charge in [-0.25, -0.2) is 9.97 Å². The van der Waals surface area contributed by atoms with Gasteiger partial charge in [0.25, 0.3) is 5.91 Å². The van der Waals surface area contributed by atoms with Crippen molar-refractivity contribution in [1.29, 1.82) is 0 Å². The van der Waals surface area contributed by atoms with Crippen molar-refractivity contribution in [3.8, 4) is 0 Å². The average molecular weight is 232 g/mol. The molecule has 0 unspecified atom stereocenters. The molecule has 7 nitrogen and oxygen atoms in total. The van der Waals surface area contributed by atoms with E-state index in [0.29, 0.717) is 18.5 Å². The first-order chi connectivity index (χ1) is 8.27. The van der Waals surface area contributed by atoms with E-state index < -0.39 is 0 Å². The molecule has 0 fully saturated rings. The van der Waals surface area contributed by atoms with Crippen LogP contribution in [0.4, 0.5) is 5.82 Å².